The molecule has 0 radical (unpaired) electrons. The zero-order valence-corrected chi connectivity index (χ0v) is 13.9. The highest BCUT2D eigenvalue weighted by atomic mass is 79.9. The molecule has 0 aliphatic rings. The fourth-order valence-electron chi connectivity index (χ4n) is 1.76. The van der Waals surface area contributed by atoms with Crippen LogP contribution < -0.4 is 11.1 Å². The second-order valence-electron chi connectivity index (χ2n) is 4.83. The van der Waals surface area contributed by atoms with E-state index in [9.17, 15) is 9.59 Å². The molecule has 0 saturated heterocycles. The largest absolute Gasteiger partial charge is 0.462 e. The van der Waals surface area contributed by atoms with E-state index in [4.69, 9.17) is 10.5 Å². The van der Waals surface area contributed by atoms with Crippen molar-refractivity contribution in [3.05, 3.63) is 28.2 Å². The van der Waals surface area contributed by atoms with Crippen LogP contribution in [0.3, 0.4) is 0 Å². The molecule has 0 heterocycles. The summed E-state index contributed by atoms with van der Waals surface area (Å²) in [6.45, 7) is 4.00. The van der Waals surface area contributed by atoms with Crippen LogP contribution in [-0.4, -0.2) is 24.5 Å². The number of esters is 1. The van der Waals surface area contributed by atoms with Gasteiger partial charge in [-0.2, -0.15) is 0 Å². The number of ether oxygens (including phenoxy) is 1. The Kier molecular flexibility index (Phi) is 7.39. The van der Waals surface area contributed by atoms with Crippen LogP contribution in [0.4, 0.5) is 5.69 Å². The van der Waals surface area contributed by atoms with Crippen LogP contribution >= 0.6 is 15.9 Å². The second kappa shape index (κ2) is 8.79. The Balaban J connectivity index is 2.60. The lowest BCUT2D eigenvalue weighted by Crippen LogP contribution is -2.17. The number of nitrogens with one attached hydrogen (secondary N) is 1. The van der Waals surface area contributed by atoms with Crippen LogP contribution in [0.25, 0.3) is 0 Å². The van der Waals surface area contributed by atoms with Gasteiger partial charge in [-0.25, -0.2) is 4.79 Å². The van der Waals surface area contributed by atoms with Gasteiger partial charge in [-0.1, -0.05) is 0 Å². The molecule has 1 atom stereocenters. The van der Waals surface area contributed by atoms with Crippen molar-refractivity contribution in [1.82, 2.24) is 0 Å². The molecule has 0 bridgehead atoms. The third kappa shape index (κ3) is 6.27. The molecular formula is C15H21BrN2O3. The Morgan fingerprint density at radius 3 is 2.71 bits per heavy atom. The van der Waals surface area contributed by atoms with Crippen LogP contribution in [-0.2, 0) is 9.53 Å². The molecule has 1 unspecified atom stereocenters. The first-order chi connectivity index (χ1) is 9.93. The number of benzene rings is 1. The SMILES string of the molecule is CCOC(=O)c1ccc(NC(=O)CCCC(C)N)c(Br)c1. The van der Waals surface area contributed by atoms with Gasteiger partial charge in [0, 0.05) is 16.9 Å². The van der Waals surface area contributed by atoms with Crippen LogP contribution in [0, 0.1) is 0 Å². The predicted octanol–water partition coefficient (Wildman–Crippen LogP) is 3.08. The molecule has 21 heavy (non-hydrogen) atoms. The summed E-state index contributed by atoms with van der Waals surface area (Å²) < 4.78 is 5.57. The Morgan fingerprint density at radius 1 is 1.43 bits per heavy atom. The summed E-state index contributed by atoms with van der Waals surface area (Å²) >= 11 is 3.34. The molecule has 0 spiro atoms. The minimum absolute atomic E-state index is 0.0692. The molecule has 5 nitrogen and oxygen atoms in total. The molecule has 0 aromatic heterocycles. The zero-order chi connectivity index (χ0) is 15.8. The molecular weight excluding hydrogens is 336 g/mol. The Hall–Kier alpha value is -1.40. The van der Waals surface area contributed by atoms with Crippen molar-refractivity contribution < 1.29 is 14.3 Å². The summed E-state index contributed by atoms with van der Waals surface area (Å²) in [5.74, 6) is -0.451. The van der Waals surface area contributed by atoms with E-state index in [2.05, 4.69) is 21.2 Å². The molecule has 116 valence electrons. The lowest BCUT2D eigenvalue weighted by atomic mass is 10.1. The molecule has 0 saturated carbocycles. The topological polar surface area (TPSA) is 81.4 Å². The van der Waals surface area contributed by atoms with Gasteiger partial charge < -0.3 is 15.8 Å². The standard InChI is InChI=1S/C15H21BrN2O3/c1-3-21-15(20)11-7-8-13(12(16)9-11)18-14(19)6-4-5-10(2)17/h7-10H,3-6,17H2,1-2H3,(H,18,19). The average Bonchev–Trinajstić information content (AvgIpc) is 2.41. The summed E-state index contributed by atoms with van der Waals surface area (Å²) in [5, 5.41) is 2.80. The average molecular weight is 357 g/mol. The summed E-state index contributed by atoms with van der Waals surface area (Å²) in [5.41, 5.74) is 6.72. The van der Waals surface area contributed by atoms with Crippen LogP contribution in [0.1, 0.15) is 43.5 Å². The van der Waals surface area contributed by atoms with Gasteiger partial charge >= 0.3 is 5.97 Å². The van der Waals surface area contributed by atoms with Crippen LogP contribution in [0.15, 0.2) is 22.7 Å². The van der Waals surface area contributed by atoms with E-state index in [-0.39, 0.29) is 17.9 Å². The second-order valence-corrected chi connectivity index (χ2v) is 5.69. The Bertz CT molecular complexity index is 504. The lowest BCUT2D eigenvalue weighted by Gasteiger charge is -2.09. The highest BCUT2D eigenvalue weighted by Crippen LogP contribution is 2.24. The van der Waals surface area contributed by atoms with Gasteiger partial charge in [0.2, 0.25) is 5.91 Å². The van der Waals surface area contributed by atoms with Crippen molar-refractivity contribution in [2.45, 2.75) is 39.2 Å². The van der Waals surface area contributed by atoms with Crippen molar-refractivity contribution in [1.29, 1.82) is 0 Å². The predicted molar refractivity (Wildman–Crippen MR) is 86.2 cm³/mol. The van der Waals surface area contributed by atoms with Crippen LogP contribution in [0.5, 0.6) is 0 Å². The number of anilines is 1. The van der Waals surface area contributed by atoms with E-state index in [1.54, 1.807) is 25.1 Å². The van der Waals surface area contributed by atoms with E-state index < -0.39 is 0 Å². The number of amides is 1. The molecule has 1 amide bonds. The van der Waals surface area contributed by atoms with Crippen molar-refractivity contribution in [3.8, 4) is 0 Å². The van der Waals surface area contributed by atoms with Crippen molar-refractivity contribution >= 4 is 33.5 Å². The summed E-state index contributed by atoms with van der Waals surface area (Å²) in [4.78, 5) is 23.4. The van der Waals surface area contributed by atoms with Crippen molar-refractivity contribution in [2.75, 3.05) is 11.9 Å². The van der Waals surface area contributed by atoms with Gasteiger partial charge in [-0.05, 0) is 60.8 Å². The number of rotatable bonds is 7. The molecule has 1 aromatic rings. The molecule has 0 aliphatic carbocycles. The van der Waals surface area contributed by atoms with Gasteiger partial charge in [0.15, 0.2) is 0 Å². The lowest BCUT2D eigenvalue weighted by molar-refractivity contribution is -0.116. The molecule has 3 N–H and O–H groups in total. The summed E-state index contributed by atoms with van der Waals surface area (Å²) in [7, 11) is 0. The van der Waals surface area contributed by atoms with E-state index in [1.807, 2.05) is 6.92 Å². The summed E-state index contributed by atoms with van der Waals surface area (Å²) in [6, 6.07) is 5.05. The maximum absolute atomic E-state index is 11.8. The fourth-order valence-corrected chi connectivity index (χ4v) is 2.23. The summed E-state index contributed by atoms with van der Waals surface area (Å²) in [6.07, 6.45) is 1.99. The zero-order valence-electron chi connectivity index (χ0n) is 12.3. The number of carbonyl (C=O) groups excluding carboxylic acids is 2. The number of halogens is 1. The van der Waals surface area contributed by atoms with Gasteiger partial charge in [0.1, 0.15) is 0 Å². The molecule has 6 heteroatoms. The van der Waals surface area contributed by atoms with E-state index in [0.29, 0.717) is 28.8 Å². The first-order valence-electron chi connectivity index (χ1n) is 6.96. The quantitative estimate of drug-likeness (QED) is 0.735. The van der Waals surface area contributed by atoms with Crippen molar-refractivity contribution in [3.63, 3.8) is 0 Å². The first-order valence-corrected chi connectivity index (χ1v) is 7.75. The maximum Gasteiger partial charge on any atom is 0.338 e. The first kappa shape index (κ1) is 17.7. The van der Waals surface area contributed by atoms with Crippen LogP contribution in [0.2, 0.25) is 0 Å². The normalized spacial score (nSPS) is 11.8. The number of hydrogen-bond donors (Lipinski definition) is 2. The molecule has 0 fully saturated rings. The maximum atomic E-state index is 11.8. The van der Waals surface area contributed by atoms with Gasteiger partial charge in [-0.15, -0.1) is 0 Å². The number of hydrogen-bond acceptors (Lipinski definition) is 4. The Morgan fingerprint density at radius 2 is 2.14 bits per heavy atom. The van der Waals surface area contributed by atoms with Crippen molar-refractivity contribution in [2.24, 2.45) is 5.73 Å². The van der Waals surface area contributed by atoms with E-state index in [0.717, 1.165) is 12.8 Å². The van der Waals surface area contributed by atoms with E-state index in [1.165, 1.54) is 0 Å². The third-order valence-electron chi connectivity index (χ3n) is 2.82. The number of carbonyl (C=O) groups is 2. The Labute approximate surface area is 133 Å². The minimum Gasteiger partial charge on any atom is -0.462 e. The highest BCUT2D eigenvalue weighted by molar-refractivity contribution is 9.10. The van der Waals surface area contributed by atoms with Gasteiger partial charge in [0.25, 0.3) is 0 Å². The fraction of sp³-hybridized carbons (Fsp3) is 0.467. The molecule has 1 aromatic carbocycles. The van der Waals surface area contributed by atoms with E-state index >= 15 is 0 Å². The molecule has 0 aliphatic heterocycles. The minimum atomic E-state index is -0.381. The highest BCUT2D eigenvalue weighted by Gasteiger charge is 2.11. The monoisotopic (exact) mass is 356 g/mol. The molecule has 1 rings (SSSR count). The van der Waals surface area contributed by atoms with Gasteiger partial charge in [0.05, 0.1) is 17.9 Å². The smallest absolute Gasteiger partial charge is 0.338 e. The van der Waals surface area contributed by atoms with Gasteiger partial charge in [-0.3, -0.25) is 4.79 Å². The number of nitrogens with two attached hydrogens (primary N) is 1. The third-order valence-corrected chi connectivity index (χ3v) is 3.47.